The van der Waals surface area contributed by atoms with Gasteiger partial charge in [-0.05, 0) is 74.1 Å². The van der Waals surface area contributed by atoms with E-state index in [1.165, 1.54) is 42.7 Å². The molecule has 0 saturated carbocycles. The van der Waals surface area contributed by atoms with Crippen molar-refractivity contribution >= 4 is 23.5 Å². The van der Waals surface area contributed by atoms with Gasteiger partial charge in [0.05, 0.1) is 18.2 Å². The summed E-state index contributed by atoms with van der Waals surface area (Å²) in [4.78, 5) is 45.5. The molecule has 1 N–H and O–H groups in total. The Labute approximate surface area is 213 Å². The Morgan fingerprint density at radius 3 is 2.67 bits per heavy atom. The van der Waals surface area contributed by atoms with E-state index in [0.717, 1.165) is 31.5 Å². The second kappa shape index (κ2) is 9.33. The average molecular weight is 491 g/mol. The van der Waals surface area contributed by atoms with Gasteiger partial charge in [-0.2, -0.15) is 0 Å². The number of carbonyl (C=O) groups is 3. The fourth-order valence-corrected chi connectivity index (χ4v) is 7.47. The van der Waals surface area contributed by atoms with Gasteiger partial charge in [-0.15, -0.1) is 0 Å². The van der Waals surface area contributed by atoms with E-state index >= 15 is 0 Å². The van der Waals surface area contributed by atoms with Crippen LogP contribution < -0.4 is 10.2 Å². The Bertz CT molecular complexity index is 1080. The first-order chi connectivity index (χ1) is 17.4. The Morgan fingerprint density at radius 2 is 1.89 bits per heavy atom. The molecule has 4 heterocycles. The number of fused-ring (bicyclic) bond motifs is 6. The molecule has 192 valence electrons. The van der Waals surface area contributed by atoms with Crippen molar-refractivity contribution < 1.29 is 14.4 Å². The number of hydrogen-bond donors (Lipinski definition) is 1. The summed E-state index contributed by atoms with van der Waals surface area (Å²) in [6.07, 6.45) is 9.66. The highest BCUT2D eigenvalue weighted by Crippen LogP contribution is 2.45. The van der Waals surface area contributed by atoms with E-state index < -0.39 is 12.1 Å². The van der Waals surface area contributed by atoms with Crippen molar-refractivity contribution in [2.24, 2.45) is 11.8 Å². The van der Waals surface area contributed by atoms with Crippen LogP contribution in [0.1, 0.15) is 70.3 Å². The second-order valence-corrected chi connectivity index (χ2v) is 11.7. The molecule has 6 rings (SSSR count). The van der Waals surface area contributed by atoms with Crippen LogP contribution in [-0.2, 0) is 9.59 Å². The average Bonchev–Trinajstić information content (AvgIpc) is 3.16. The number of piperidine rings is 3. The van der Waals surface area contributed by atoms with Gasteiger partial charge in [-0.1, -0.05) is 44.1 Å². The molecule has 4 amide bonds. The molecule has 0 aromatic heterocycles. The van der Waals surface area contributed by atoms with Crippen molar-refractivity contribution in [1.82, 2.24) is 15.1 Å². The van der Waals surface area contributed by atoms with Gasteiger partial charge in [0.1, 0.15) is 6.04 Å². The lowest BCUT2D eigenvalue weighted by Crippen LogP contribution is -2.60. The summed E-state index contributed by atoms with van der Waals surface area (Å²) in [6, 6.07) is 7.11. The molecule has 5 aliphatic rings. The number of rotatable bonds is 4. The molecule has 1 aromatic rings. The van der Waals surface area contributed by atoms with Crippen molar-refractivity contribution in [1.29, 1.82) is 0 Å². The van der Waals surface area contributed by atoms with E-state index in [2.05, 4.69) is 30.1 Å². The van der Waals surface area contributed by atoms with Crippen molar-refractivity contribution in [2.45, 2.75) is 82.8 Å². The molecule has 1 aliphatic carbocycles. The van der Waals surface area contributed by atoms with Gasteiger partial charge in [-0.25, -0.2) is 9.69 Å². The van der Waals surface area contributed by atoms with Crippen LogP contribution in [-0.4, -0.2) is 65.4 Å². The maximum atomic E-state index is 13.6. The molecule has 36 heavy (non-hydrogen) atoms. The molecule has 7 heteroatoms. The highest BCUT2D eigenvalue weighted by Gasteiger charge is 2.48. The number of benzene rings is 1. The van der Waals surface area contributed by atoms with Crippen LogP contribution in [0.25, 0.3) is 0 Å². The third-order valence-electron chi connectivity index (χ3n) is 9.19. The molecule has 4 saturated heterocycles. The maximum Gasteiger partial charge on any atom is 0.329 e. The van der Waals surface area contributed by atoms with E-state index in [9.17, 15) is 14.4 Å². The predicted octanol–water partition coefficient (Wildman–Crippen LogP) is 4.05. The van der Waals surface area contributed by atoms with E-state index in [1.54, 1.807) is 0 Å². The minimum Gasteiger partial charge on any atom is -0.336 e. The van der Waals surface area contributed by atoms with Gasteiger partial charge in [0, 0.05) is 19.1 Å². The maximum absolute atomic E-state index is 13.6. The number of amides is 4. The monoisotopic (exact) mass is 490 g/mol. The number of likely N-dealkylation sites (tertiary alicyclic amines) is 1. The smallest absolute Gasteiger partial charge is 0.329 e. The first-order valence-corrected chi connectivity index (χ1v) is 13.9. The van der Waals surface area contributed by atoms with E-state index in [0.29, 0.717) is 29.5 Å². The summed E-state index contributed by atoms with van der Waals surface area (Å²) >= 11 is 0. The predicted molar refractivity (Wildman–Crippen MR) is 139 cm³/mol. The van der Waals surface area contributed by atoms with Crippen LogP contribution in [0.4, 0.5) is 10.5 Å². The highest BCUT2D eigenvalue weighted by atomic mass is 16.2. The number of hydrogen-bond acceptors (Lipinski definition) is 4. The molecule has 7 nitrogen and oxygen atoms in total. The zero-order chi connectivity index (χ0) is 25.0. The third-order valence-corrected chi connectivity index (χ3v) is 9.19. The first kappa shape index (κ1) is 23.7. The van der Waals surface area contributed by atoms with Crippen LogP contribution in [0.2, 0.25) is 0 Å². The normalized spacial score (nSPS) is 32.2. The van der Waals surface area contributed by atoms with Crippen LogP contribution in [0, 0.1) is 11.8 Å². The number of urea groups is 1. The van der Waals surface area contributed by atoms with Crippen LogP contribution in [0.5, 0.6) is 0 Å². The van der Waals surface area contributed by atoms with E-state index in [1.807, 2.05) is 29.2 Å². The summed E-state index contributed by atoms with van der Waals surface area (Å²) < 4.78 is 0. The van der Waals surface area contributed by atoms with Crippen molar-refractivity contribution in [3.8, 4) is 0 Å². The number of carbonyl (C=O) groups excluding carboxylic acids is 3. The number of nitrogens with one attached hydrogen (secondary N) is 1. The molecule has 2 bridgehead atoms. The van der Waals surface area contributed by atoms with Gasteiger partial charge in [0.2, 0.25) is 5.91 Å². The topological polar surface area (TPSA) is 73.0 Å². The minimum atomic E-state index is -0.807. The number of imide groups is 1. The summed E-state index contributed by atoms with van der Waals surface area (Å²) in [7, 11) is 0. The third kappa shape index (κ3) is 4.05. The first-order valence-electron chi connectivity index (χ1n) is 13.9. The Kier molecular flexibility index (Phi) is 6.14. The van der Waals surface area contributed by atoms with E-state index in [-0.39, 0.29) is 24.3 Å². The Balaban J connectivity index is 1.17. The summed E-state index contributed by atoms with van der Waals surface area (Å²) in [5.41, 5.74) is 3.14. The number of anilines is 1. The lowest BCUT2D eigenvalue weighted by molar-refractivity contribution is -0.138. The molecular weight excluding hydrogens is 452 g/mol. The van der Waals surface area contributed by atoms with Gasteiger partial charge >= 0.3 is 6.03 Å². The lowest BCUT2D eigenvalue weighted by Gasteiger charge is -2.54. The molecule has 0 radical (unpaired) electrons. The quantitative estimate of drug-likeness (QED) is 0.511. The largest absolute Gasteiger partial charge is 0.336 e. The van der Waals surface area contributed by atoms with Gasteiger partial charge in [0.25, 0.3) is 5.91 Å². The molecule has 0 spiro atoms. The van der Waals surface area contributed by atoms with Crippen molar-refractivity contribution in [3.05, 3.63) is 41.5 Å². The lowest BCUT2D eigenvalue weighted by atomic mass is 9.68. The summed E-state index contributed by atoms with van der Waals surface area (Å²) in [5, 5.41) is 2.78. The minimum absolute atomic E-state index is 0.0135. The Hall–Kier alpha value is -2.67. The van der Waals surface area contributed by atoms with Gasteiger partial charge in [-0.3, -0.25) is 14.5 Å². The molecule has 0 unspecified atom stereocenters. The molecule has 5 atom stereocenters. The fourth-order valence-electron chi connectivity index (χ4n) is 7.47. The van der Waals surface area contributed by atoms with Crippen LogP contribution in [0.15, 0.2) is 35.9 Å². The summed E-state index contributed by atoms with van der Waals surface area (Å²) in [5.74, 6) is 1.11. The van der Waals surface area contributed by atoms with Gasteiger partial charge < -0.3 is 10.2 Å². The Morgan fingerprint density at radius 1 is 1.08 bits per heavy atom. The van der Waals surface area contributed by atoms with Gasteiger partial charge in [0.15, 0.2) is 0 Å². The fraction of sp³-hybridized carbons (Fsp3) is 0.621. The standard InChI is InChI=1S/C29H38N4O3/c1-18(2)19-8-10-23(11-9-19)33-28(35)24(30-29(33)36)16-26(34)32-13-5-6-20-14-21-15-22(27(20)32)17-31-12-4-3-7-25(21)31/h8-11,14,18,21-22,24-25,27H,3-7,12-13,15-17H2,1-2H3,(H,30,36)/t21-,22-,24-,25-,27-/m1/s1. The zero-order valence-electron chi connectivity index (χ0n) is 21.5. The highest BCUT2D eigenvalue weighted by molar-refractivity contribution is 6.22. The van der Waals surface area contributed by atoms with Crippen molar-refractivity contribution in [2.75, 3.05) is 24.5 Å². The van der Waals surface area contributed by atoms with Crippen molar-refractivity contribution in [3.63, 3.8) is 0 Å². The summed E-state index contributed by atoms with van der Waals surface area (Å²) in [6.45, 7) is 7.21. The van der Waals surface area contributed by atoms with Crippen LogP contribution in [0.3, 0.4) is 0 Å². The molecule has 1 aromatic carbocycles. The molecule has 4 aliphatic heterocycles. The second-order valence-electron chi connectivity index (χ2n) is 11.7. The van der Waals surface area contributed by atoms with Crippen LogP contribution >= 0.6 is 0 Å². The van der Waals surface area contributed by atoms with E-state index in [4.69, 9.17) is 0 Å². The SMILES string of the molecule is CC(C)c1ccc(N2C(=O)N[C@H](CC(=O)N3CCCC4=C[C@@H]5C[C@H](CN6CCCC[C@H]56)[C@@H]43)C2=O)cc1. The molecular formula is C29H38N4O3. The number of nitrogens with zero attached hydrogens (tertiary/aromatic N) is 3. The molecule has 4 fully saturated rings. The zero-order valence-corrected chi connectivity index (χ0v) is 21.5.